The molecule has 0 aromatic carbocycles. The van der Waals surface area contributed by atoms with Crippen molar-refractivity contribution >= 4 is 5.78 Å². The van der Waals surface area contributed by atoms with Crippen LogP contribution in [0.5, 0.6) is 0 Å². The molecule has 1 spiro atoms. The summed E-state index contributed by atoms with van der Waals surface area (Å²) in [5, 5.41) is 0. The number of ketones is 1. The van der Waals surface area contributed by atoms with Crippen molar-refractivity contribution in [2.45, 2.75) is 50.5 Å². The first-order chi connectivity index (χ1) is 7.00. The van der Waals surface area contributed by atoms with Crippen LogP contribution in [0.25, 0.3) is 0 Å². The van der Waals surface area contributed by atoms with Crippen molar-refractivity contribution in [1.82, 2.24) is 4.90 Å². The SMILES string of the molecule is CCN1CCC(=O)C12CCC(F)(F)CC2. The fourth-order valence-corrected chi connectivity index (χ4v) is 2.94. The van der Waals surface area contributed by atoms with Crippen LogP contribution in [-0.2, 0) is 4.79 Å². The zero-order chi connectivity index (χ0) is 11.1. The second kappa shape index (κ2) is 3.51. The van der Waals surface area contributed by atoms with Gasteiger partial charge in [0.25, 0.3) is 0 Å². The minimum atomic E-state index is -2.55. The van der Waals surface area contributed by atoms with Crippen molar-refractivity contribution in [1.29, 1.82) is 0 Å². The van der Waals surface area contributed by atoms with Gasteiger partial charge in [-0.3, -0.25) is 9.69 Å². The molecule has 86 valence electrons. The smallest absolute Gasteiger partial charge is 0.248 e. The Morgan fingerprint density at radius 2 is 1.87 bits per heavy atom. The van der Waals surface area contributed by atoms with Crippen molar-refractivity contribution in [3.05, 3.63) is 0 Å². The molecule has 0 bridgehead atoms. The van der Waals surface area contributed by atoms with E-state index in [9.17, 15) is 13.6 Å². The molecule has 4 heteroatoms. The lowest BCUT2D eigenvalue weighted by Crippen LogP contribution is -2.52. The van der Waals surface area contributed by atoms with Crippen LogP contribution in [0.4, 0.5) is 8.78 Å². The van der Waals surface area contributed by atoms with Gasteiger partial charge < -0.3 is 0 Å². The van der Waals surface area contributed by atoms with Crippen LogP contribution in [0.15, 0.2) is 0 Å². The number of likely N-dealkylation sites (N-methyl/N-ethyl adjacent to an activating group) is 1. The largest absolute Gasteiger partial charge is 0.298 e. The molecule has 1 saturated carbocycles. The lowest BCUT2D eigenvalue weighted by atomic mass is 9.77. The van der Waals surface area contributed by atoms with E-state index < -0.39 is 11.5 Å². The topological polar surface area (TPSA) is 20.3 Å². The number of nitrogens with zero attached hydrogens (tertiary/aromatic N) is 1. The summed E-state index contributed by atoms with van der Waals surface area (Å²) in [5.41, 5.74) is -0.531. The van der Waals surface area contributed by atoms with E-state index >= 15 is 0 Å². The molecule has 2 rings (SSSR count). The second-order valence-electron chi connectivity index (χ2n) is 4.64. The minimum absolute atomic E-state index is 0.130. The zero-order valence-corrected chi connectivity index (χ0v) is 9.06. The Balaban J connectivity index is 2.16. The Bertz CT molecular complexity index is 268. The summed E-state index contributed by atoms with van der Waals surface area (Å²) < 4.78 is 26.1. The van der Waals surface area contributed by atoms with Gasteiger partial charge >= 0.3 is 0 Å². The molecule has 2 nitrogen and oxygen atoms in total. The first-order valence-corrected chi connectivity index (χ1v) is 5.66. The van der Waals surface area contributed by atoms with E-state index in [2.05, 4.69) is 4.90 Å². The van der Waals surface area contributed by atoms with Crippen LogP contribution in [0.1, 0.15) is 39.0 Å². The molecular formula is C11H17F2NO. The van der Waals surface area contributed by atoms with Gasteiger partial charge in [0, 0.05) is 25.8 Å². The number of carbonyl (C=O) groups is 1. The van der Waals surface area contributed by atoms with Gasteiger partial charge in [0.05, 0.1) is 5.54 Å². The van der Waals surface area contributed by atoms with Crippen molar-refractivity contribution in [3.63, 3.8) is 0 Å². The number of halogens is 2. The third-order valence-electron chi connectivity index (χ3n) is 3.92. The summed E-state index contributed by atoms with van der Waals surface area (Å²) in [6.45, 7) is 3.53. The number of hydrogen-bond acceptors (Lipinski definition) is 2. The Kier molecular flexibility index (Phi) is 2.57. The number of alkyl halides is 2. The third kappa shape index (κ3) is 1.69. The van der Waals surface area contributed by atoms with Crippen LogP contribution in [-0.4, -0.2) is 35.2 Å². The van der Waals surface area contributed by atoms with Gasteiger partial charge in [-0.15, -0.1) is 0 Å². The molecule has 0 radical (unpaired) electrons. The second-order valence-corrected chi connectivity index (χ2v) is 4.64. The molecule has 0 unspecified atom stereocenters. The molecule has 2 fully saturated rings. The molecule has 15 heavy (non-hydrogen) atoms. The van der Waals surface area contributed by atoms with E-state index in [0.717, 1.165) is 13.1 Å². The summed E-state index contributed by atoms with van der Waals surface area (Å²) in [4.78, 5) is 13.9. The normalized spacial score (nSPS) is 29.9. The number of Topliss-reactive ketones (excluding diaryl/α,β-unsaturated/α-hetero) is 1. The maximum absolute atomic E-state index is 13.1. The van der Waals surface area contributed by atoms with Crippen molar-refractivity contribution in [2.24, 2.45) is 0 Å². The van der Waals surface area contributed by atoms with E-state index in [0.29, 0.717) is 19.3 Å². The average molecular weight is 217 g/mol. The highest BCUT2D eigenvalue weighted by atomic mass is 19.3. The molecule has 2 aliphatic rings. The Labute approximate surface area is 88.6 Å². The molecule has 0 amide bonds. The van der Waals surface area contributed by atoms with Crippen LogP contribution < -0.4 is 0 Å². The standard InChI is InChI=1S/C11H17F2NO/c1-2-14-8-3-9(15)10(14)4-6-11(12,13)7-5-10/h2-8H2,1H3. The Hall–Kier alpha value is -0.510. The first-order valence-electron chi connectivity index (χ1n) is 5.66. The van der Waals surface area contributed by atoms with Crippen molar-refractivity contribution < 1.29 is 13.6 Å². The summed E-state index contributed by atoms with van der Waals surface area (Å²) in [6, 6.07) is 0. The molecular weight excluding hydrogens is 200 g/mol. The van der Waals surface area contributed by atoms with Crippen molar-refractivity contribution in [3.8, 4) is 0 Å². The molecule has 1 aliphatic heterocycles. The fraction of sp³-hybridized carbons (Fsp3) is 0.909. The molecule has 1 saturated heterocycles. The zero-order valence-electron chi connectivity index (χ0n) is 9.06. The maximum atomic E-state index is 13.1. The van der Waals surface area contributed by atoms with Crippen LogP contribution in [0.2, 0.25) is 0 Å². The van der Waals surface area contributed by atoms with Gasteiger partial charge in [-0.2, -0.15) is 0 Å². The molecule has 0 N–H and O–H groups in total. The molecule has 0 aromatic rings. The van der Waals surface area contributed by atoms with E-state index in [4.69, 9.17) is 0 Å². The van der Waals surface area contributed by atoms with E-state index in [1.165, 1.54) is 0 Å². The monoisotopic (exact) mass is 217 g/mol. The lowest BCUT2D eigenvalue weighted by Gasteiger charge is -2.41. The third-order valence-corrected chi connectivity index (χ3v) is 3.92. The summed E-state index contributed by atoms with van der Waals surface area (Å²) in [7, 11) is 0. The summed E-state index contributed by atoms with van der Waals surface area (Å²) >= 11 is 0. The molecule has 0 aromatic heterocycles. The average Bonchev–Trinajstić information content (AvgIpc) is 2.50. The van der Waals surface area contributed by atoms with Crippen LogP contribution >= 0.6 is 0 Å². The maximum Gasteiger partial charge on any atom is 0.248 e. The van der Waals surface area contributed by atoms with Crippen LogP contribution in [0.3, 0.4) is 0 Å². The van der Waals surface area contributed by atoms with E-state index in [-0.39, 0.29) is 18.6 Å². The van der Waals surface area contributed by atoms with E-state index in [1.54, 1.807) is 0 Å². The first kappa shape index (κ1) is 11.0. The quantitative estimate of drug-likeness (QED) is 0.671. The number of hydrogen-bond donors (Lipinski definition) is 0. The van der Waals surface area contributed by atoms with Crippen molar-refractivity contribution in [2.75, 3.05) is 13.1 Å². The van der Waals surface area contributed by atoms with Gasteiger partial charge in [0.1, 0.15) is 0 Å². The Morgan fingerprint density at radius 1 is 1.27 bits per heavy atom. The fourth-order valence-electron chi connectivity index (χ4n) is 2.94. The minimum Gasteiger partial charge on any atom is -0.298 e. The highest BCUT2D eigenvalue weighted by Gasteiger charge is 2.52. The predicted octanol–water partition coefficient (Wildman–Crippen LogP) is 2.23. The summed E-state index contributed by atoms with van der Waals surface area (Å²) in [6.07, 6.45) is 0.962. The van der Waals surface area contributed by atoms with Gasteiger partial charge in [-0.1, -0.05) is 6.92 Å². The van der Waals surface area contributed by atoms with Gasteiger partial charge in [0.2, 0.25) is 5.92 Å². The number of rotatable bonds is 1. The highest BCUT2D eigenvalue weighted by molar-refractivity contribution is 5.90. The molecule has 1 aliphatic carbocycles. The predicted molar refractivity (Wildman–Crippen MR) is 53.0 cm³/mol. The van der Waals surface area contributed by atoms with Gasteiger partial charge in [-0.05, 0) is 19.4 Å². The number of likely N-dealkylation sites (tertiary alicyclic amines) is 1. The lowest BCUT2D eigenvalue weighted by molar-refractivity contribution is -0.132. The van der Waals surface area contributed by atoms with Gasteiger partial charge in [-0.25, -0.2) is 8.78 Å². The molecule has 0 atom stereocenters. The van der Waals surface area contributed by atoms with E-state index in [1.807, 2.05) is 6.92 Å². The van der Waals surface area contributed by atoms with Crippen LogP contribution in [0, 0.1) is 0 Å². The summed E-state index contributed by atoms with van der Waals surface area (Å²) in [5.74, 6) is -2.37. The van der Waals surface area contributed by atoms with Gasteiger partial charge in [0.15, 0.2) is 5.78 Å². The Morgan fingerprint density at radius 3 is 2.40 bits per heavy atom. The highest BCUT2D eigenvalue weighted by Crippen LogP contribution is 2.44. The number of carbonyl (C=O) groups excluding carboxylic acids is 1. The molecule has 1 heterocycles.